The van der Waals surface area contributed by atoms with Crippen molar-refractivity contribution >= 4 is 17.5 Å². The lowest BCUT2D eigenvalue weighted by Crippen LogP contribution is -2.22. The van der Waals surface area contributed by atoms with Crippen LogP contribution in [0, 0.1) is 5.82 Å². The molecule has 2 aromatic carbocycles. The summed E-state index contributed by atoms with van der Waals surface area (Å²) in [4.78, 5) is 26.6. The van der Waals surface area contributed by atoms with Gasteiger partial charge in [0.1, 0.15) is 12.4 Å². The second-order valence-electron chi connectivity index (χ2n) is 5.98. The molecule has 0 saturated heterocycles. The third kappa shape index (κ3) is 4.51. The zero-order chi connectivity index (χ0) is 19.4. The highest BCUT2D eigenvalue weighted by atomic mass is 19.1. The zero-order valence-corrected chi connectivity index (χ0v) is 14.8. The van der Waals surface area contributed by atoms with Gasteiger partial charge in [0, 0.05) is 30.9 Å². The molecule has 27 heavy (non-hydrogen) atoms. The zero-order valence-electron chi connectivity index (χ0n) is 14.8. The van der Waals surface area contributed by atoms with Crippen molar-refractivity contribution in [3.05, 3.63) is 59.9 Å². The van der Waals surface area contributed by atoms with Gasteiger partial charge in [-0.05, 0) is 41.6 Å². The molecule has 0 aliphatic rings. The minimum Gasteiger partial charge on any atom is -0.345 e. The fraction of sp³-hybridized carbons (Fsp3) is 0.167. The van der Waals surface area contributed by atoms with Crippen LogP contribution in [-0.4, -0.2) is 51.0 Å². The molecule has 138 valence electrons. The maximum Gasteiger partial charge on any atom is 0.253 e. The molecule has 0 saturated carbocycles. The van der Waals surface area contributed by atoms with E-state index in [0.717, 1.165) is 4.80 Å². The van der Waals surface area contributed by atoms with Crippen LogP contribution in [0.4, 0.5) is 10.1 Å². The summed E-state index contributed by atoms with van der Waals surface area (Å²) in [6, 6.07) is 12.4. The normalized spacial score (nSPS) is 10.5. The molecule has 0 atom stereocenters. The SMILES string of the molecule is CN(C)C(=O)c1ccc(NC(=O)Cn2nnc(-c3cccc(F)c3)n2)cc1. The van der Waals surface area contributed by atoms with Gasteiger partial charge in [-0.3, -0.25) is 9.59 Å². The Kier molecular flexibility index (Phi) is 5.20. The van der Waals surface area contributed by atoms with E-state index in [-0.39, 0.29) is 24.2 Å². The molecule has 3 aromatic rings. The van der Waals surface area contributed by atoms with E-state index in [1.807, 2.05) is 0 Å². The van der Waals surface area contributed by atoms with Crippen LogP contribution in [0.3, 0.4) is 0 Å². The number of carbonyl (C=O) groups excluding carboxylic acids is 2. The van der Waals surface area contributed by atoms with E-state index in [9.17, 15) is 14.0 Å². The quantitative estimate of drug-likeness (QED) is 0.741. The number of carbonyl (C=O) groups is 2. The third-order valence-electron chi connectivity index (χ3n) is 3.64. The highest BCUT2D eigenvalue weighted by Crippen LogP contribution is 2.14. The predicted molar refractivity (Wildman–Crippen MR) is 96.3 cm³/mol. The van der Waals surface area contributed by atoms with E-state index in [0.29, 0.717) is 16.8 Å². The number of hydrogen-bond acceptors (Lipinski definition) is 5. The molecule has 1 aromatic heterocycles. The van der Waals surface area contributed by atoms with E-state index in [1.54, 1.807) is 50.5 Å². The number of halogens is 1. The van der Waals surface area contributed by atoms with Crippen molar-refractivity contribution < 1.29 is 14.0 Å². The van der Waals surface area contributed by atoms with Crippen molar-refractivity contribution in [2.24, 2.45) is 0 Å². The average molecular weight is 368 g/mol. The van der Waals surface area contributed by atoms with E-state index >= 15 is 0 Å². The number of anilines is 1. The monoisotopic (exact) mass is 368 g/mol. The van der Waals surface area contributed by atoms with Gasteiger partial charge in [-0.25, -0.2) is 4.39 Å². The number of aromatic nitrogens is 4. The molecule has 0 aliphatic carbocycles. The fourth-order valence-corrected chi connectivity index (χ4v) is 2.34. The lowest BCUT2D eigenvalue weighted by Gasteiger charge is -2.10. The van der Waals surface area contributed by atoms with Gasteiger partial charge in [-0.2, -0.15) is 4.80 Å². The second-order valence-corrected chi connectivity index (χ2v) is 5.98. The first-order valence-electron chi connectivity index (χ1n) is 8.07. The van der Waals surface area contributed by atoms with Gasteiger partial charge < -0.3 is 10.2 Å². The number of rotatable bonds is 5. The van der Waals surface area contributed by atoms with Crippen molar-refractivity contribution in [2.45, 2.75) is 6.54 Å². The molecule has 0 radical (unpaired) electrons. The Morgan fingerprint density at radius 2 is 1.89 bits per heavy atom. The lowest BCUT2D eigenvalue weighted by atomic mass is 10.2. The first-order valence-corrected chi connectivity index (χ1v) is 8.07. The van der Waals surface area contributed by atoms with Crippen LogP contribution >= 0.6 is 0 Å². The molecule has 9 heteroatoms. The van der Waals surface area contributed by atoms with Crippen molar-refractivity contribution in [1.82, 2.24) is 25.1 Å². The molecule has 0 unspecified atom stereocenters. The fourth-order valence-electron chi connectivity index (χ4n) is 2.34. The van der Waals surface area contributed by atoms with Crippen molar-refractivity contribution in [3.63, 3.8) is 0 Å². The average Bonchev–Trinajstić information content (AvgIpc) is 3.10. The van der Waals surface area contributed by atoms with Crippen LogP contribution in [0.1, 0.15) is 10.4 Å². The van der Waals surface area contributed by atoms with Gasteiger partial charge in [0.25, 0.3) is 5.91 Å². The Labute approximate surface area is 154 Å². The van der Waals surface area contributed by atoms with E-state index in [4.69, 9.17) is 0 Å². The topological polar surface area (TPSA) is 93.0 Å². The Morgan fingerprint density at radius 3 is 2.56 bits per heavy atom. The van der Waals surface area contributed by atoms with E-state index in [2.05, 4.69) is 20.7 Å². The molecule has 2 amide bonds. The van der Waals surface area contributed by atoms with Crippen LogP contribution in [0.2, 0.25) is 0 Å². The molecule has 0 bridgehead atoms. The standard InChI is InChI=1S/C18H17FN6O2/c1-24(2)18(27)12-6-8-15(9-7-12)20-16(26)11-25-22-17(21-23-25)13-4-3-5-14(19)10-13/h3-10H,11H2,1-2H3,(H,20,26). The van der Waals surface area contributed by atoms with Crippen LogP contribution in [0.15, 0.2) is 48.5 Å². The van der Waals surface area contributed by atoms with Gasteiger partial charge in [0.05, 0.1) is 0 Å². The Morgan fingerprint density at radius 1 is 1.15 bits per heavy atom. The Balaban J connectivity index is 1.62. The van der Waals surface area contributed by atoms with E-state index in [1.165, 1.54) is 17.0 Å². The van der Waals surface area contributed by atoms with Crippen LogP contribution in [-0.2, 0) is 11.3 Å². The summed E-state index contributed by atoms with van der Waals surface area (Å²) in [5.74, 6) is -0.652. The van der Waals surface area contributed by atoms with Gasteiger partial charge in [0.15, 0.2) is 0 Å². The molecule has 8 nitrogen and oxygen atoms in total. The van der Waals surface area contributed by atoms with Crippen LogP contribution < -0.4 is 5.32 Å². The number of nitrogens with one attached hydrogen (secondary N) is 1. The van der Waals surface area contributed by atoms with Crippen LogP contribution in [0.5, 0.6) is 0 Å². The van der Waals surface area contributed by atoms with E-state index < -0.39 is 5.82 Å². The maximum atomic E-state index is 13.3. The molecule has 0 fully saturated rings. The Hall–Kier alpha value is -3.62. The third-order valence-corrected chi connectivity index (χ3v) is 3.64. The number of hydrogen-bond donors (Lipinski definition) is 1. The molecule has 1 heterocycles. The van der Waals surface area contributed by atoms with Crippen molar-refractivity contribution in [1.29, 1.82) is 0 Å². The number of amides is 2. The molecule has 0 spiro atoms. The maximum absolute atomic E-state index is 13.3. The van der Waals surface area contributed by atoms with Crippen molar-refractivity contribution in [3.8, 4) is 11.4 Å². The van der Waals surface area contributed by atoms with Gasteiger partial charge in [-0.15, -0.1) is 10.2 Å². The van der Waals surface area contributed by atoms with Gasteiger partial charge in [0.2, 0.25) is 11.7 Å². The first kappa shape index (κ1) is 18.2. The second kappa shape index (κ2) is 7.73. The molecular weight excluding hydrogens is 351 g/mol. The first-order chi connectivity index (χ1) is 12.9. The number of nitrogens with zero attached hydrogens (tertiary/aromatic N) is 5. The molecular formula is C18H17FN6O2. The smallest absolute Gasteiger partial charge is 0.253 e. The molecule has 0 aliphatic heterocycles. The minimum atomic E-state index is -0.405. The summed E-state index contributed by atoms with van der Waals surface area (Å²) in [5.41, 5.74) is 1.54. The highest BCUT2D eigenvalue weighted by molar-refractivity contribution is 5.95. The number of benzene rings is 2. The molecule has 3 rings (SSSR count). The summed E-state index contributed by atoms with van der Waals surface area (Å²) in [5, 5.41) is 14.4. The largest absolute Gasteiger partial charge is 0.345 e. The molecule has 1 N–H and O–H groups in total. The summed E-state index contributed by atoms with van der Waals surface area (Å²) < 4.78 is 13.3. The Bertz CT molecular complexity index is 968. The summed E-state index contributed by atoms with van der Waals surface area (Å²) >= 11 is 0. The van der Waals surface area contributed by atoms with Gasteiger partial charge >= 0.3 is 0 Å². The number of tetrazole rings is 1. The lowest BCUT2D eigenvalue weighted by molar-refractivity contribution is -0.117. The minimum absolute atomic E-state index is 0.121. The van der Waals surface area contributed by atoms with Crippen molar-refractivity contribution in [2.75, 3.05) is 19.4 Å². The predicted octanol–water partition coefficient (Wildman–Crippen LogP) is 1.82. The summed E-state index contributed by atoms with van der Waals surface area (Å²) in [6.45, 7) is -0.152. The summed E-state index contributed by atoms with van der Waals surface area (Å²) in [7, 11) is 3.34. The van der Waals surface area contributed by atoms with Crippen LogP contribution in [0.25, 0.3) is 11.4 Å². The highest BCUT2D eigenvalue weighted by Gasteiger charge is 2.11. The van der Waals surface area contributed by atoms with Gasteiger partial charge in [-0.1, -0.05) is 12.1 Å². The summed E-state index contributed by atoms with van der Waals surface area (Å²) in [6.07, 6.45) is 0.